The largest absolute Gasteiger partial charge is 0.494 e. The Morgan fingerprint density at radius 3 is 2.39 bits per heavy atom. The Balaban J connectivity index is 2.36. The van der Waals surface area contributed by atoms with E-state index in [-0.39, 0.29) is 17.7 Å². The molecule has 0 aliphatic heterocycles. The number of halogens is 3. The molecule has 0 spiro atoms. The van der Waals surface area contributed by atoms with Crippen LogP contribution in [-0.2, 0) is 6.42 Å². The van der Waals surface area contributed by atoms with Crippen molar-refractivity contribution in [2.75, 3.05) is 7.11 Å². The molecule has 0 heterocycles. The number of hydrogen-bond donors (Lipinski definition) is 0. The average Bonchev–Trinajstić information content (AvgIpc) is 2.38. The van der Waals surface area contributed by atoms with E-state index in [4.69, 9.17) is 16.3 Å². The van der Waals surface area contributed by atoms with Gasteiger partial charge in [0.15, 0.2) is 11.6 Å². The second kappa shape index (κ2) is 5.36. The third-order valence-corrected chi connectivity index (χ3v) is 3.05. The minimum Gasteiger partial charge on any atom is -0.494 e. The summed E-state index contributed by atoms with van der Waals surface area (Å²) in [6.45, 7) is 0. The zero-order valence-electron chi connectivity index (χ0n) is 9.71. The molecule has 1 nitrogen and oxygen atoms in total. The normalized spacial score (nSPS) is 10.4. The molecule has 0 amide bonds. The van der Waals surface area contributed by atoms with Crippen molar-refractivity contribution in [1.82, 2.24) is 0 Å². The first-order valence-electron chi connectivity index (χ1n) is 5.37. The standard InChI is InChI=1S/C14H11ClF2O/c1-18-12-7-6-10(13(16)14(12)17)8-9-4-2-3-5-11(9)15/h2-7H,8H2,1H3. The lowest BCUT2D eigenvalue weighted by Crippen LogP contribution is -1.99. The molecule has 94 valence electrons. The topological polar surface area (TPSA) is 9.23 Å². The third-order valence-electron chi connectivity index (χ3n) is 2.69. The van der Waals surface area contributed by atoms with Gasteiger partial charge in [-0.2, -0.15) is 4.39 Å². The van der Waals surface area contributed by atoms with Crippen LogP contribution >= 0.6 is 11.6 Å². The minimum absolute atomic E-state index is 0.101. The van der Waals surface area contributed by atoms with E-state index in [0.29, 0.717) is 5.02 Å². The van der Waals surface area contributed by atoms with Crippen LogP contribution in [0.1, 0.15) is 11.1 Å². The van der Waals surface area contributed by atoms with Gasteiger partial charge in [0.1, 0.15) is 0 Å². The van der Waals surface area contributed by atoms with E-state index in [9.17, 15) is 8.78 Å². The average molecular weight is 269 g/mol. The van der Waals surface area contributed by atoms with Crippen molar-refractivity contribution in [3.05, 3.63) is 64.2 Å². The Morgan fingerprint density at radius 2 is 1.72 bits per heavy atom. The first-order chi connectivity index (χ1) is 8.63. The van der Waals surface area contributed by atoms with Crippen LogP contribution in [0.4, 0.5) is 8.78 Å². The van der Waals surface area contributed by atoms with E-state index in [0.717, 1.165) is 5.56 Å². The van der Waals surface area contributed by atoms with Gasteiger partial charge in [-0.15, -0.1) is 0 Å². The Bertz CT molecular complexity index is 570. The zero-order valence-corrected chi connectivity index (χ0v) is 10.5. The molecule has 0 radical (unpaired) electrons. The highest BCUT2D eigenvalue weighted by Crippen LogP contribution is 2.26. The summed E-state index contributed by atoms with van der Waals surface area (Å²) >= 11 is 5.98. The van der Waals surface area contributed by atoms with Crippen LogP contribution in [0.15, 0.2) is 36.4 Å². The molecule has 4 heteroatoms. The highest BCUT2D eigenvalue weighted by Gasteiger charge is 2.14. The predicted octanol–water partition coefficient (Wildman–Crippen LogP) is 4.22. The van der Waals surface area contributed by atoms with E-state index >= 15 is 0 Å². The van der Waals surface area contributed by atoms with Gasteiger partial charge in [0.05, 0.1) is 7.11 Å². The molecular weight excluding hydrogens is 258 g/mol. The summed E-state index contributed by atoms with van der Waals surface area (Å²) < 4.78 is 32.0. The van der Waals surface area contributed by atoms with Crippen molar-refractivity contribution in [2.45, 2.75) is 6.42 Å². The number of methoxy groups -OCH3 is 1. The highest BCUT2D eigenvalue weighted by molar-refractivity contribution is 6.31. The van der Waals surface area contributed by atoms with Crippen molar-refractivity contribution in [2.24, 2.45) is 0 Å². The van der Waals surface area contributed by atoms with E-state index < -0.39 is 11.6 Å². The van der Waals surface area contributed by atoms with Crippen molar-refractivity contribution in [3.8, 4) is 5.75 Å². The van der Waals surface area contributed by atoms with Crippen LogP contribution in [0.5, 0.6) is 5.75 Å². The molecule has 2 rings (SSSR count). The Kier molecular flexibility index (Phi) is 3.82. The second-order valence-corrected chi connectivity index (χ2v) is 4.23. The maximum atomic E-state index is 13.8. The van der Waals surface area contributed by atoms with E-state index in [1.165, 1.54) is 19.2 Å². The minimum atomic E-state index is -0.970. The maximum absolute atomic E-state index is 13.8. The van der Waals surface area contributed by atoms with Crippen molar-refractivity contribution in [1.29, 1.82) is 0 Å². The quantitative estimate of drug-likeness (QED) is 0.810. The molecule has 0 fully saturated rings. The molecule has 2 aromatic rings. The van der Waals surface area contributed by atoms with Crippen LogP contribution in [0.25, 0.3) is 0 Å². The molecule has 0 saturated carbocycles. The van der Waals surface area contributed by atoms with E-state index in [2.05, 4.69) is 0 Å². The van der Waals surface area contributed by atoms with Crippen LogP contribution in [-0.4, -0.2) is 7.11 Å². The summed E-state index contributed by atoms with van der Waals surface area (Å²) in [7, 11) is 1.30. The summed E-state index contributed by atoms with van der Waals surface area (Å²) in [4.78, 5) is 0. The van der Waals surface area contributed by atoms with Crippen LogP contribution in [0, 0.1) is 11.6 Å². The van der Waals surface area contributed by atoms with E-state index in [1.54, 1.807) is 24.3 Å². The lowest BCUT2D eigenvalue weighted by molar-refractivity contribution is 0.370. The molecule has 0 bridgehead atoms. The Labute approximate surface area is 109 Å². The molecule has 2 aromatic carbocycles. The molecule has 0 aliphatic rings. The number of rotatable bonds is 3. The molecule has 0 aromatic heterocycles. The molecule has 0 aliphatic carbocycles. The first-order valence-corrected chi connectivity index (χ1v) is 5.75. The summed E-state index contributed by atoms with van der Waals surface area (Å²) in [5, 5.41) is 0.535. The van der Waals surface area contributed by atoms with Gasteiger partial charge in [0, 0.05) is 11.4 Å². The monoisotopic (exact) mass is 268 g/mol. The Hall–Kier alpha value is -1.61. The summed E-state index contributed by atoms with van der Waals surface area (Å²) in [6.07, 6.45) is 0.242. The van der Waals surface area contributed by atoms with Gasteiger partial charge >= 0.3 is 0 Å². The van der Waals surface area contributed by atoms with Crippen molar-refractivity contribution >= 4 is 11.6 Å². The SMILES string of the molecule is COc1ccc(Cc2ccccc2Cl)c(F)c1F. The van der Waals surface area contributed by atoms with Crippen LogP contribution in [0.2, 0.25) is 5.02 Å². The van der Waals surface area contributed by atoms with Gasteiger partial charge in [-0.1, -0.05) is 35.9 Å². The fraction of sp³-hybridized carbons (Fsp3) is 0.143. The maximum Gasteiger partial charge on any atom is 0.200 e. The summed E-state index contributed by atoms with van der Waals surface area (Å²) in [5.41, 5.74) is 1.00. The van der Waals surface area contributed by atoms with Gasteiger partial charge in [-0.25, -0.2) is 4.39 Å². The number of hydrogen-bond acceptors (Lipinski definition) is 1. The smallest absolute Gasteiger partial charge is 0.200 e. The van der Waals surface area contributed by atoms with Crippen LogP contribution < -0.4 is 4.74 Å². The van der Waals surface area contributed by atoms with E-state index in [1.807, 2.05) is 0 Å². The van der Waals surface area contributed by atoms with Crippen molar-refractivity contribution < 1.29 is 13.5 Å². The molecule has 0 atom stereocenters. The molecule has 0 saturated heterocycles. The summed E-state index contributed by atoms with van der Waals surface area (Å²) in [6, 6.07) is 10.00. The lowest BCUT2D eigenvalue weighted by Gasteiger charge is -2.08. The van der Waals surface area contributed by atoms with Crippen molar-refractivity contribution in [3.63, 3.8) is 0 Å². The fourth-order valence-electron chi connectivity index (χ4n) is 1.71. The van der Waals surface area contributed by atoms with Gasteiger partial charge in [0.25, 0.3) is 0 Å². The second-order valence-electron chi connectivity index (χ2n) is 3.82. The molecule has 18 heavy (non-hydrogen) atoms. The molecule has 0 N–H and O–H groups in total. The first kappa shape index (κ1) is 12.8. The van der Waals surface area contributed by atoms with Gasteiger partial charge in [0.2, 0.25) is 5.82 Å². The lowest BCUT2D eigenvalue weighted by atomic mass is 10.0. The molecular formula is C14H11ClF2O. The third kappa shape index (κ3) is 2.46. The zero-order chi connectivity index (χ0) is 13.1. The molecule has 0 unspecified atom stereocenters. The Morgan fingerprint density at radius 1 is 1.00 bits per heavy atom. The van der Waals surface area contributed by atoms with Gasteiger partial charge in [-0.3, -0.25) is 0 Å². The highest BCUT2D eigenvalue weighted by atomic mass is 35.5. The van der Waals surface area contributed by atoms with Gasteiger partial charge < -0.3 is 4.74 Å². The number of ether oxygens (including phenoxy) is 1. The number of benzene rings is 2. The predicted molar refractivity (Wildman–Crippen MR) is 67.2 cm³/mol. The fourth-order valence-corrected chi connectivity index (χ4v) is 1.92. The summed E-state index contributed by atoms with van der Waals surface area (Å²) in [5.74, 6) is -1.97. The van der Waals surface area contributed by atoms with Gasteiger partial charge in [-0.05, 0) is 23.3 Å². The van der Waals surface area contributed by atoms with Crippen LogP contribution in [0.3, 0.4) is 0 Å².